The molecule has 0 bridgehead atoms. The third-order valence-corrected chi connectivity index (χ3v) is 5.65. The number of nitrogens with one attached hydrogen (secondary N) is 2. The van der Waals surface area contributed by atoms with Crippen LogP contribution in [0.2, 0.25) is 0 Å². The van der Waals surface area contributed by atoms with Crippen molar-refractivity contribution in [3.05, 3.63) is 102 Å². The van der Waals surface area contributed by atoms with Gasteiger partial charge in [-0.2, -0.15) is 5.10 Å². The van der Waals surface area contributed by atoms with E-state index in [0.717, 1.165) is 22.8 Å². The van der Waals surface area contributed by atoms with Crippen LogP contribution in [0.25, 0.3) is 10.8 Å². The zero-order valence-electron chi connectivity index (χ0n) is 20.4. The maximum atomic E-state index is 12.8. The molecule has 8 heteroatoms. The summed E-state index contributed by atoms with van der Waals surface area (Å²) in [5.41, 5.74) is 4.66. The number of rotatable bonds is 7. The first-order valence-corrected chi connectivity index (χ1v) is 11.6. The van der Waals surface area contributed by atoms with Crippen LogP contribution in [0.5, 0.6) is 11.5 Å². The Morgan fingerprint density at radius 1 is 0.865 bits per heavy atom. The molecule has 0 atom stereocenters. The normalized spacial score (nSPS) is 10.8. The molecule has 0 saturated heterocycles. The van der Waals surface area contributed by atoms with Crippen LogP contribution in [0.1, 0.15) is 28.4 Å². The Labute approximate surface area is 213 Å². The van der Waals surface area contributed by atoms with Crippen molar-refractivity contribution in [2.75, 3.05) is 12.4 Å². The second-order valence-corrected chi connectivity index (χ2v) is 8.02. The average molecular weight is 496 g/mol. The van der Waals surface area contributed by atoms with Crippen LogP contribution < -0.4 is 20.2 Å². The van der Waals surface area contributed by atoms with Gasteiger partial charge in [-0.1, -0.05) is 49.4 Å². The smallest absolute Gasteiger partial charge is 0.343 e. The minimum Gasteiger partial charge on any atom is -0.497 e. The van der Waals surface area contributed by atoms with E-state index in [9.17, 15) is 14.4 Å². The summed E-state index contributed by atoms with van der Waals surface area (Å²) in [5.74, 6) is -1.49. The fourth-order valence-electron chi connectivity index (χ4n) is 3.60. The molecule has 0 fully saturated rings. The Morgan fingerprint density at radius 2 is 1.59 bits per heavy atom. The predicted molar refractivity (Wildman–Crippen MR) is 142 cm³/mol. The van der Waals surface area contributed by atoms with E-state index in [0.29, 0.717) is 22.6 Å². The molecule has 186 valence electrons. The Kier molecular flexibility index (Phi) is 7.90. The molecule has 4 aromatic carbocycles. The molecule has 4 rings (SSSR count). The molecular weight excluding hydrogens is 470 g/mol. The van der Waals surface area contributed by atoms with Crippen LogP contribution in [0, 0.1) is 0 Å². The van der Waals surface area contributed by atoms with E-state index in [1.807, 2.05) is 49.4 Å². The van der Waals surface area contributed by atoms with Crippen LogP contribution in [0.4, 0.5) is 5.69 Å². The lowest BCUT2D eigenvalue weighted by atomic mass is 10.0. The van der Waals surface area contributed by atoms with Crippen molar-refractivity contribution in [2.45, 2.75) is 13.3 Å². The molecule has 2 N–H and O–H groups in total. The first-order chi connectivity index (χ1) is 18.0. The molecule has 0 unspecified atom stereocenters. The average Bonchev–Trinajstić information content (AvgIpc) is 2.94. The topological polar surface area (TPSA) is 106 Å². The van der Waals surface area contributed by atoms with Gasteiger partial charge < -0.3 is 14.8 Å². The summed E-state index contributed by atoms with van der Waals surface area (Å²) < 4.78 is 10.8. The van der Waals surface area contributed by atoms with Crippen molar-refractivity contribution in [2.24, 2.45) is 5.10 Å². The lowest BCUT2D eigenvalue weighted by Crippen LogP contribution is -2.32. The Hall–Kier alpha value is -4.98. The van der Waals surface area contributed by atoms with Crippen LogP contribution in [-0.4, -0.2) is 31.1 Å². The second kappa shape index (κ2) is 11.6. The van der Waals surface area contributed by atoms with Crippen LogP contribution in [-0.2, 0) is 16.0 Å². The molecule has 0 aliphatic carbocycles. The first kappa shape index (κ1) is 25.1. The maximum absolute atomic E-state index is 12.8. The van der Waals surface area contributed by atoms with E-state index in [4.69, 9.17) is 9.47 Å². The van der Waals surface area contributed by atoms with Gasteiger partial charge in [0.05, 0.1) is 18.9 Å². The number of benzene rings is 4. The summed E-state index contributed by atoms with van der Waals surface area (Å²) in [7, 11) is 1.54. The minimum atomic E-state index is -0.937. The number of carbonyl (C=O) groups excluding carboxylic acids is 3. The molecular formula is C29H25N3O5. The molecule has 0 aromatic heterocycles. The Balaban J connectivity index is 1.51. The Morgan fingerprint density at radius 3 is 2.30 bits per heavy atom. The van der Waals surface area contributed by atoms with Gasteiger partial charge in [0, 0.05) is 11.3 Å². The number of hydrazone groups is 1. The van der Waals surface area contributed by atoms with Crippen molar-refractivity contribution in [1.29, 1.82) is 0 Å². The highest BCUT2D eigenvalue weighted by Gasteiger charge is 2.15. The molecule has 0 heterocycles. The largest absolute Gasteiger partial charge is 0.497 e. The lowest BCUT2D eigenvalue weighted by molar-refractivity contribution is -0.136. The SMILES string of the molecule is CCc1ccc(NC(=O)C(=O)N/N=C/c2c(OC(=O)c3ccc(OC)cc3)ccc3ccccc23)cc1. The van der Waals surface area contributed by atoms with Gasteiger partial charge in [-0.05, 0) is 65.2 Å². The number of methoxy groups -OCH3 is 1. The number of anilines is 1. The molecule has 0 aliphatic heterocycles. The van der Waals surface area contributed by atoms with Gasteiger partial charge in [0.25, 0.3) is 0 Å². The van der Waals surface area contributed by atoms with Gasteiger partial charge in [-0.3, -0.25) is 9.59 Å². The molecule has 0 saturated carbocycles. The van der Waals surface area contributed by atoms with Gasteiger partial charge in [-0.25, -0.2) is 10.2 Å². The van der Waals surface area contributed by atoms with Crippen LogP contribution in [0.3, 0.4) is 0 Å². The highest BCUT2D eigenvalue weighted by Crippen LogP contribution is 2.27. The van der Waals surface area contributed by atoms with Crippen LogP contribution in [0.15, 0.2) is 90.0 Å². The maximum Gasteiger partial charge on any atom is 0.343 e. The summed E-state index contributed by atoms with van der Waals surface area (Å²) in [5, 5.41) is 8.12. The fourth-order valence-corrected chi connectivity index (χ4v) is 3.60. The van der Waals surface area contributed by atoms with Gasteiger partial charge >= 0.3 is 17.8 Å². The van der Waals surface area contributed by atoms with Crippen molar-refractivity contribution in [3.8, 4) is 11.5 Å². The number of carbonyl (C=O) groups is 3. The van der Waals surface area contributed by atoms with E-state index in [2.05, 4.69) is 15.8 Å². The molecule has 4 aromatic rings. The van der Waals surface area contributed by atoms with Gasteiger partial charge in [0.2, 0.25) is 0 Å². The third-order valence-electron chi connectivity index (χ3n) is 5.65. The number of esters is 1. The van der Waals surface area contributed by atoms with Crippen LogP contribution >= 0.6 is 0 Å². The van der Waals surface area contributed by atoms with Crippen molar-refractivity contribution in [1.82, 2.24) is 5.43 Å². The monoisotopic (exact) mass is 495 g/mol. The minimum absolute atomic E-state index is 0.248. The molecule has 37 heavy (non-hydrogen) atoms. The van der Waals surface area contributed by atoms with Crippen molar-refractivity contribution < 1.29 is 23.9 Å². The number of aryl methyl sites for hydroxylation is 1. The molecule has 2 amide bonds. The highest BCUT2D eigenvalue weighted by molar-refractivity contribution is 6.39. The summed E-state index contributed by atoms with van der Waals surface area (Å²) >= 11 is 0. The first-order valence-electron chi connectivity index (χ1n) is 11.6. The zero-order valence-corrected chi connectivity index (χ0v) is 20.4. The number of hydrogen-bond donors (Lipinski definition) is 2. The lowest BCUT2D eigenvalue weighted by Gasteiger charge is -2.11. The quantitative estimate of drug-likeness (QED) is 0.127. The molecule has 0 spiro atoms. The third kappa shape index (κ3) is 6.18. The predicted octanol–water partition coefficient (Wildman–Crippen LogP) is 4.72. The van der Waals surface area contributed by atoms with E-state index < -0.39 is 17.8 Å². The summed E-state index contributed by atoms with van der Waals surface area (Å²) in [6, 6.07) is 24.7. The summed E-state index contributed by atoms with van der Waals surface area (Å²) in [6.45, 7) is 2.03. The summed E-state index contributed by atoms with van der Waals surface area (Å²) in [4.78, 5) is 37.3. The number of ether oxygens (including phenoxy) is 2. The standard InChI is InChI=1S/C29H25N3O5/c1-3-19-8-13-22(14-9-19)31-27(33)28(34)32-30-18-25-24-7-5-4-6-20(24)12-17-26(25)37-29(35)21-10-15-23(36-2)16-11-21/h4-18H,3H2,1-2H3,(H,31,33)(H,32,34)/b30-18+. The van der Waals surface area contributed by atoms with Gasteiger partial charge in [0.1, 0.15) is 11.5 Å². The highest BCUT2D eigenvalue weighted by atomic mass is 16.5. The second-order valence-electron chi connectivity index (χ2n) is 8.02. The number of hydrogen-bond acceptors (Lipinski definition) is 6. The van der Waals surface area contributed by atoms with Crippen molar-refractivity contribution in [3.63, 3.8) is 0 Å². The molecule has 0 radical (unpaired) electrons. The number of nitrogens with zero attached hydrogens (tertiary/aromatic N) is 1. The summed E-state index contributed by atoms with van der Waals surface area (Å²) in [6.07, 6.45) is 2.22. The fraction of sp³-hybridized carbons (Fsp3) is 0.103. The number of fused-ring (bicyclic) bond motifs is 1. The van der Waals surface area contributed by atoms with Crippen molar-refractivity contribution >= 4 is 40.5 Å². The van der Waals surface area contributed by atoms with E-state index >= 15 is 0 Å². The van der Waals surface area contributed by atoms with Gasteiger partial charge in [0.15, 0.2) is 0 Å². The molecule has 0 aliphatic rings. The number of amides is 2. The zero-order chi connectivity index (χ0) is 26.2. The molecule has 8 nitrogen and oxygen atoms in total. The van der Waals surface area contributed by atoms with E-state index in [-0.39, 0.29) is 5.75 Å². The van der Waals surface area contributed by atoms with E-state index in [1.54, 1.807) is 49.6 Å². The Bertz CT molecular complexity index is 1460. The van der Waals surface area contributed by atoms with Gasteiger partial charge in [-0.15, -0.1) is 0 Å². The van der Waals surface area contributed by atoms with E-state index in [1.165, 1.54) is 6.21 Å².